The SMILES string of the molecule is CCOc1ccc(/C=C/C(=O)N2CCN(c3nc4ccccc4nc3C)CC2)cc1. The fourth-order valence-corrected chi connectivity index (χ4v) is 3.63. The van der Waals surface area contributed by atoms with Crippen molar-refractivity contribution in [3.63, 3.8) is 0 Å². The minimum absolute atomic E-state index is 0.0323. The lowest BCUT2D eigenvalue weighted by molar-refractivity contribution is -0.126. The topological polar surface area (TPSA) is 58.6 Å². The Morgan fingerprint density at radius 3 is 2.33 bits per heavy atom. The van der Waals surface area contributed by atoms with Crippen molar-refractivity contribution in [2.75, 3.05) is 37.7 Å². The zero-order valence-corrected chi connectivity index (χ0v) is 17.4. The van der Waals surface area contributed by atoms with Gasteiger partial charge >= 0.3 is 0 Å². The van der Waals surface area contributed by atoms with E-state index in [0.717, 1.165) is 46.9 Å². The molecule has 1 aliphatic rings. The number of benzene rings is 2. The van der Waals surface area contributed by atoms with Gasteiger partial charge in [-0.05, 0) is 49.8 Å². The smallest absolute Gasteiger partial charge is 0.246 e. The van der Waals surface area contributed by atoms with Crippen molar-refractivity contribution in [3.8, 4) is 5.75 Å². The van der Waals surface area contributed by atoms with E-state index in [0.29, 0.717) is 19.7 Å². The molecule has 1 aromatic heterocycles. The van der Waals surface area contributed by atoms with E-state index in [1.807, 2.05) is 73.4 Å². The summed E-state index contributed by atoms with van der Waals surface area (Å²) in [6.45, 7) is 7.42. The number of piperazine rings is 1. The van der Waals surface area contributed by atoms with Gasteiger partial charge in [-0.15, -0.1) is 0 Å². The van der Waals surface area contributed by atoms with Crippen LogP contribution >= 0.6 is 0 Å². The molecule has 0 aliphatic carbocycles. The van der Waals surface area contributed by atoms with E-state index >= 15 is 0 Å². The van der Waals surface area contributed by atoms with Crippen LogP contribution in [-0.2, 0) is 4.79 Å². The fourth-order valence-electron chi connectivity index (χ4n) is 3.63. The van der Waals surface area contributed by atoms with Gasteiger partial charge in [-0.1, -0.05) is 24.3 Å². The molecule has 0 saturated carbocycles. The third-order valence-electron chi connectivity index (χ3n) is 5.22. The Kier molecular flexibility index (Phi) is 5.93. The van der Waals surface area contributed by atoms with Crippen LogP contribution < -0.4 is 9.64 Å². The van der Waals surface area contributed by atoms with Gasteiger partial charge in [0, 0.05) is 32.3 Å². The number of para-hydroxylation sites is 2. The predicted molar refractivity (Wildman–Crippen MR) is 120 cm³/mol. The van der Waals surface area contributed by atoms with Crippen LogP contribution in [0.25, 0.3) is 17.1 Å². The van der Waals surface area contributed by atoms with Gasteiger partial charge in [0.05, 0.1) is 23.3 Å². The summed E-state index contributed by atoms with van der Waals surface area (Å²) in [5.74, 6) is 1.78. The standard InChI is InChI=1S/C24H26N4O2/c1-3-30-20-11-8-19(9-12-20)10-13-23(29)27-14-16-28(17-15-27)24-18(2)25-21-6-4-5-7-22(21)26-24/h4-13H,3,14-17H2,1-2H3/b13-10+. The van der Waals surface area contributed by atoms with Gasteiger partial charge in [0.15, 0.2) is 5.82 Å². The first-order valence-electron chi connectivity index (χ1n) is 10.3. The first-order chi connectivity index (χ1) is 14.6. The van der Waals surface area contributed by atoms with E-state index < -0.39 is 0 Å². The summed E-state index contributed by atoms with van der Waals surface area (Å²) < 4.78 is 5.45. The van der Waals surface area contributed by atoms with E-state index in [-0.39, 0.29) is 5.91 Å². The van der Waals surface area contributed by atoms with Crippen LogP contribution in [0.5, 0.6) is 5.75 Å². The second-order valence-corrected chi connectivity index (χ2v) is 7.27. The maximum Gasteiger partial charge on any atom is 0.246 e. The van der Waals surface area contributed by atoms with Crippen LogP contribution in [-0.4, -0.2) is 53.6 Å². The summed E-state index contributed by atoms with van der Waals surface area (Å²) in [5.41, 5.74) is 3.71. The monoisotopic (exact) mass is 402 g/mol. The van der Waals surface area contributed by atoms with Gasteiger partial charge in [-0.2, -0.15) is 0 Å². The van der Waals surface area contributed by atoms with Gasteiger partial charge in [-0.3, -0.25) is 4.79 Å². The van der Waals surface area contributed by atoms with Crippen LogP contribution in [0.3, 0.4) is 0 Å². The number of hydrogen-bond acceptors (Lipinski definition) is 5. The lowest BCUT2D eigenvalue weighted by Crippen LogP contribution is -2.48. The average Bonchev–Trinajstić information content (AvgIpc) is 2.78. The predicted octanol–water partition coefficient (Wildman–Crippen LogP) is 3.70. The van der Waals surface area contributed by atoms with Gasteiger partial charge in [-0.25, -0.2) is 9.97 Å². The quantitative estimate of drug-likeness (QED) is 0.609. The number of carbonyl (C=O) groups is 1. The molecule has 4 rings (SSSR count). The van der Waals surface area contributed by atoms with Crippen molar-refractivity contribution in [2.45, 2.75) is 13.8 Å². The minimum atomic E-state index is 0.0323. The molecule has 2 aromatic carbocycles. The molecule has 3 aromatic rings. The Morgan fingerprint density at radius 1 is 1.00 bits per heavy atom. The number of anilines is 1. The molecule has 30 heavy (non-hydrogen) atoms. The number of amides is 1. The van der Waals surface area contributed by atoms with Crippen molar-refractivity contribution in [3.05, 3.63) is 65.9 Å². The van der Waals surface area contributed by atoms with E-state index in [1.54, 1.807) is 6.08 Å². The zero-order chi connectivity index (χ0) is 20.9. The first-order valence-corrected chi connectivity index (χ1v) is 10.3. The maximum absolute atomic E-state index is 12.6. The second-order valence-electron chi connectivity index (χ2n) is 7.27. The summed E-state index contributed by atoms with van der Waals surface area (Å²) in [5, 5.41) is 0. The van der Waals surface area contributed by atoms with Crippen LogP contribution in [0.15, 0.2) is 54.6 Å². The Labute approximate surface area is 176 Å². The van der Waals surface area contributed by atoms with Crippen molar-refractivity contribution < 1.29 is 9.53 Å². The molecular formula is C24H26N4O2. The number of ether oxygens (including phenoxy) is 1. The minimum Gasteiger partial charge on any atom is -0.494 e. The highest BCUT2D eigenvalue weighted by molar-refractivity contribution is 5.92. The number of rotatable bonds is 5. The molecule has 2 heterocycles. The summed E-state index contributed by atoms with van der Waals surface area (Å²) >= 11 is 0. The van der Waals surface area contributed by atoms with Gasteiger partial charge in [0.2, 0.25) is 5.91 Å². The second kappa shape index (κ2) is 8.95. The zero-order valence-electron chi connectivity index (χ0n) is 17.4. The van der Waals surface area contributed by atoms with Crippen molar-refractivity contribution in [2.24, 2.45) is 0 Å². The Bertz CT molecular complexity index is 1050. The van der Waals surface area contributed by atoms with Gasteiger partial charge in [0.25, 0.3) is 0 Å². The molecule has 6 heteroatoms. The van der Waals surface area contributed by atoms with E-state index in [2.05, 4.69) is 9.88 Å². The normalized spacial score (nSPS) is 14.5. The largest absolute Gasteiger partial charge is 0.494 e. The van der Waals surface area contributed by atoms with Crippen LogP contribution in [0, 0.1) is 6.92 Å². The molecule has 1 aliphatic heterocycles. The molecule has 0 bridgehead atoms. The number of nitrogens with zero attached hydrogens (tertiary/aromatic N) is 4. The van der Waals surface area contributed by atoms with Crippen LogP contribution in [0.2, 0.25) is 0 Å². The lowest BCUT2D eigenvalue weighted by Gasteiger charge is -2.35. The number of aromatic nitrogens is 2. The molecule has 1 saturated heterocycles. The molecule has 154 valence electrons. The number of hydrogen-bond donors (Lipinski definition) is 0. The third kappa shape index (κ3) is 4.43. The molecular weight excluding hydrogens is 376 g/mol. The molecule has 1 amide bonds. The lowest BCUT2D eigenvalue weighted by atomic mass is 10.2. The Balaban J connectivity index is 1.37. The third-order valence-corrected chi connectivity index (χ3v) is 5.22. The highest BCUT2D eigenvalue weighted by atomic mass is 16.5. The summed E-state index contributed by atoms with van der Waals surface area (Å²) in [6, 6.07) is 15.6. The average molecular weight is 402 g/mol. The molecule has 0 spiro atoms. The van der Waals surface area contributed by atoms with Gasteiger partial charge < -0.3 is 14.5 Å². The number of aryl methyl sites for hydroxylation is 1. The highest BCUT2D eigenvalue weighted by Crippen LogP contribution is 2.21. The molecule has 0 N–H and O–H groups in total. The van der Waals surface area contributed by atoms with E-state index in [1.165, 1.54) is 0 Å². The van der Waals surface area contributed by atoms with Crippen molar-refractivity contribution in [1.29, 1.82) is 0 Å². The maximum atomic E-state index is 12.6. The van der Waals surface area contributed by atoms with E-state index in [9.17, 15) is 4.79 Å². The number of fused-ring (bicyclic) bond motifs is 1. The van der Waals surface area contributed by atoms with Crippen LogP contribution in [0.1, 0.15) is 18.2 Å². The highest BCUT2D eigenvalue weighted by Gasteiger charge is 2.22. The number of carbonyl (C=O) groups excluding carboxylic acids is 1. The van der Waals surface area contributed by atoms with Gasteiger partial charge in [0.1, 0.15) is 5.75 Å². The Morgan fingerprint density at radius 2 is 1.67 bits per heavy atom. The summed E-state index contributed by atoms with van der Waals surface area (Å²) in [7, 11) is 0. The molecule has 0 atom stereocenters. The molecule has 6 nitrogen and oxygen atoms in total. The first kappa shape index (κ1) is 19.9. The fraction of sp³-hybridized carbons (Fsp3) is 0.292. The molecule has 0 unspecified atom stereocenters. The summed E-state index contributed by atoms with van der Waals surface area (Å²) in [4.78, 5) is 26.2. The molecule has 1 fully saturated rings. The Hall–Kier alpha value is -3.41. The van der Waals surface area contributed by atoms with Crippen molar-refractivity contribution >= 4 is 28.8 Å². The van der Waals surface area contributed by atoms with Crippen molar-refractivity contribution in [1.82, 2.24) is 14.9 Å². The van der Waals surface area contributed by atoms with E-state index in [4.69, 9.17) is 9.72 Å². The molecule has 0 radical (unpaired) electrons. The summed E-state index contributed by atoms with van der Waals surface area (Å²) in [6.07, 6.45) is 3.50. The van der Waals surface area contributed by atoms with Crippen LogP contribution in [0.4, 0.5) is 5.82 Å².